The fourth-order valence-corrected chi connectivity index (χ4v) is 2.28. The molecule has 0 aliphatic heterocycles. The van der Waals surface area contributed by atoms with Crippen LogP contribution in [-0.4, -0.2) is 33.5 Å². The van der Waals surface area contributed by atoms with Gasteiger partial charge in [-0.1, -0.05) is 13.3 Å². The summed E-state index contributed by atoms with van der Waals surface area (Å²) >= 11 is 1.60. The number of nitrogens with one attached hydrogen (secondary N) is 1. The second-order valence-corrected chi connectivity index (χ2v) is 5.13. The molecule has 104 valence electrons. The third-order valence-corrected chi connectivity index (χ3v) is 3.45. The Bertz CT molecular complexity index is 438. The standard InChI is InChI=1S/C13H18N2O3S/c1-2-3-6-19-9-12(16)15-8-11-7-10(13(17)18)4-5-14-11/h4-5,7H,2-3,6,8-9H2,1H3,(H,15,16)(H,17,18). The van der Waals surface area contributed by atoms with Gasteiger partial charge >= 0.3 is 5.97 Å². The van der Waals surface area contributed by atoms with Gasteiger partial charge in [0, 0.05) is 6.20 Å². The molecule has 6 heteroatoms. The average molecular weight is 282 g/mol. The van der Waals surface area contributed by atoms with Gasteiger partial charge in [0.15, 0.2) is 0 Å². The highest BCUT2D eigenvalue weighted by Gasteiger charge is 2.06. The maximum absolute atomic E-state index is 11.5. The minimum Gasteiger partial charge on any atom is -0.478 e. The number of carboxylic acids is 1. The number of aromatic carboxylic acids is 1. The van der Waals surface area contributed by atoms with E-state index < -0.39 is 5.97 Å². The van der Waals surface area contributed by atoms with Crippen LogP contribution >= 0.6 is 11.8 Å². The van der Waals surface area contributed by atoms with E-state index >= 15 is 0 Å². The summed E-state index contributed by atoms with van der Waals surface area (Å²) in [6.45, 7) is 2.37. The molecule has 0 saturated heterocycles. The Morgan fingerprint density at radius 1 is 1.47 bits per heavy atom. The molecule has 0 atom stereocenters. The van der Waals surface area contributed by atoms with Gasteiger partial charge in [-0.25, -0.2) is 4.79 Å². The first-order valence-electron chi connectivity index (χ1n) is 6.16. The summed E-state index contributed by atoms with van der Waals surface area (Å²) in [6.07, 6.45) is 3.67. The minimum absolute atomic E-state index is 0.0522. The number of hydrogen-bond acceptors (Lipinski definition) is 4. The third-order valence-electron chi connectivity index (χ3n) is 2.41. The molecule has 0 radical (unpaired) electrons. The summed E-state index contributed by atoms with van der Waals surface area (Å²) in [5.74, 6) is 0.365. The average Bonchev–Trinajstić information content (AvgIpc) is 2.41. The van der Waals surface area contributed by atoms with Crippen molar-refractivity contribution in [2.45, 2.75) is 26.3 Å². The van der Waals surface area contributed by atoms with Crippen molar-refractivity contribution in [3.63, 3.8) is 0 Å². The molecule has 1 aromatic heterocycles. The molecule has 0 unspecified atom stereocenters. The Morgan fingerprint density at radius 2 is 2.26 bits per heavy atom. The number of pyridine rings is 1. The van der Waals surface area contributed by atoms with E-state index in [9.17, 15) is 9.59 Å². The van der Waals surface area contributed by atoms with Gasteiger partial charge in [0.1, 0.15) is 0 Å². The Hall–Kier alpha value is -1.56. The number of carbonyl (C=O) groups is 2. The summed E-state index contributed by atoms with van der Waals surface area (Å²) in [7, 11) is 0. The van der Waals surface area contributed by atoms with Crippen LogP contribution in [0.5, 0.6) is 0 Å². The first kappa shape index (κ1) is 15.5. The lowest BCUT2D eigenvalue weighted by Gasteiger charge is -2.05. The molecule has 1 aromatic rings. The molecule has 19 heavy (non-hydrogen) atoms. The van der Waals surface area contributed by atoms with Crippen LogP contribution in [0.3, 0.4) is 0 Å². The Balaban J connectivity index is 2.33. The number of carboxylic acid groups (broad SMARTS) is 1. The number of unbranched alkanes of at least 4 members (excludes halogenated alkanes) is 1. The summed E-state index contributed by atoms with van der Waals surface area (Å²) in [6, 6.07) is 2.89. The first-order chi connectivity index (χ1) is 9.13. The van der Waals surface area contributed by atoms with E-state index in [1.807, 2.05) is 0 Å². The maximum atomic E-state index is 11.5. The van der Waals surface area contributed by atoms with Crippen LogP contribution in [0.1, 0.15) is 35.8 Å². The zero-order valence-corrected chi connectivity index (χ0v) is 11.7. The number of nitrogens with zero attached hydrogens (tertiary/aromatic N) is 1. The van der Waals surface area contributed by atoms with Gasteiger partial charge < -0.3 is 10.4 Å². The molecule has 1 amide bonds. The monoisotopic (exact) mass is 282 g/mol. The van der Waals surface area contributed by atoms with Gasteiger partial charge in [0.2, 0.25) is 5.91 Å². The fraction of sp³-hybridized carbons (Fsp3) is 0.462. The van der Waals surface area contributed by atoms with Crippen molar-refractivity contribution in [3.05, 3.63) is 29.6 Å². The van der Waals surface area contributed by atoms with Crippen molar-refractivity contribution in [3.8, 4) is 0 Å². The number of rotatable bonds is 8. The molecule has 0 aliphatic rings. The van der Waals surface area contributed by atoms with Crippen molar-refractivity contribution in [2.24, 2.45) is 0 Å². The molecule has 1 heterocycles. The van der Waals surface area contributed by atoms with E-state index in [1.165, 1.54) is 18.3 Å². The molecule has 0 spiro atoms. The maximum Gasteiger partial charge on any atom is 0.335 e. The van der Waals surface area contributed by atoms with Gasteiger partial charge in [-0.05, 0) is 24.3 Å². The smallest absolute Gasteiger partial charge is 0.335 e. The molecular formula is C13H18N2O3S. The van der Waals surface area contributed by atoms with E-state index in [4.69, 9.17) is 5.11 Å². The van der Waals surface area contributed by atoms with Crippen LogP contribution < -0.4 is 5.32 Å². The highest BCUT2D eigenvalue weighted by Crippen LogP contribution is 2.04. The Kier molecular flexibility index (Phi) is 6.95. The van der Waals surface area contributed by atoms with Gasteiger partial charge in [-0.3, -0.25) is 9.78 Å². The SMILES string of the molecule is CCCCSCC(=O)NCc1cc(C(=O)O)ccn1. The number of hydrogen-bond donors (Lipinski definition) is 2. The highest BCUT2D eigenvalue weighted by molar-refractivity contribution is 7.99. The van der Waals surface area contributed by atoms with Gasteiger partial charge in [0.25, 0.3) is 0 Å². The number of amides is 1. The molecular weight excluding hydrogens is 264 g/mol. The number of aromatic nitrogens is 1. The van der Waals surface area contributed by atoms with Crippen molar-refractivity contribution in [1.82, 2.24) is 10.3 Å². The van der Waals surface area contributed by atoms with E-state index in [-0.39, 0.29) is 18.0 Å². The topological polar surface area (TPSA) is 79.3 Å². The zero-order valence-electron chi connectivity index (χ0n) is 10.9. The summed E-state index contributed by atoms with van der Waals surface area (Å²) in [4.78, 5) is 26.3. The predicted molar refractivity (Wildman–Crippen MR) is 75.3 cm³/mol. The van der Waals surface area contributed by atoms with E-state index in [1.54, 1.807) is 11.8 Å². The molecule has 0 saturated carbocycles. The molecule has 0 bridgehead atoms. The normalized spacial score (nSPS) is 10.2. The summed E-state index contributed by atoms with van der Waals surface area (Å²) in [5.41, 5.74) is 0.725. The summed E-state index contributed by atoms with van der Waals surface area (Å²) < 4.78 is 0. The van der Waals surface area contributed by atoms with Crippen LogP contribution in [0.15, 0.2) is 18.3 Å². The van der Waals surface area contributed by atoms with Gasteiger partial charge in [0.05, 0.1) is 23.6 Å². The van der Waals surface area contributed by atoms with Crippen molar-refractivity contribution in [1.29, 1.82) is 0 Å². The summed E-state index contributed by atoms with van der Waals surface area (Å²) in [5, 5.41) is 11.6. The highest BCUT2D eigenvalue weighted by atomic mass is 32.2. The van der Waals surface area contributed by atoms with Crippen molar-refractivity contribution < 1.29 is 14.7 Å². The van der Waals surface area contributed by atoms with Gasteiger partial charge in [-0.15, -0.1) is 0 Å². The lowest BCUT2D eigenvalue weighted by atomic mass is 10.2. The Labute approximate surface area is 116 Å². The van der Waals surface area contributed by atoms with Gasteiger partial charge in [-0.2, -0.15) is 11.8 Å². The molecule has 0 aliphatic carbocycles. The third kappa shape index (κ3) is 6.24. The molecule has 0 aromatic carbocycles. The van der Waals surface area contributed by atoms with E-state index in [0.717, 1.165) is 18.6 Å². The first-order valence-corrected chi connectivity index (χ1v) is 7.31. The number of thioether (sulfide) groups is 1. The fourth-order valence-electron chi connectivity index (χ4n) is 1.36. The second-order valence-electron chi connectivity index (χ2n) is 4.02. The lowest BCUT2D eigenvalue weighted by molar-refractivity contribution is -0.118. The number of carbonyl (C=O) groups excluding carboxylic acids is 1. The van der Waals surface area contributed by atoms with Crippen LogP contribution in [0, 0.1) is 0 Å². The largest absolute Gasteiger partial charge is 0.478 e. The molecule has 1 rings (SSSR count). The Morgan fingerprint density at radius 3 is 2.95 bits per heavy atom. The van der Waals surface area contributed by atoms with Crippen molar-refractivity contribution in [2.75, 3.05) is 11.5 Å². The van der Waals surface area contributed by atoms with Crippen LogP contribution in [0.25, 0.3) is 0 Å². The van der Waals surface area contributed by atoms with Crippen LogP contribution in [0.2, 0.25) is 0 Å². The molecule has 5 nitrogen and oxygen atoms in total. The van der Waals surface area contributed by atoms with E-state index in [0.29, 0.717) is 11.4 Å². The quantitative estimate of drug-likeness (QED) is 0.712. The van der Waals surface area contributed by atoms with Crippen LogP contribution in [-0.2, 0) is 11.3 Å². The second kappa shape index (κ2) is 8.53. The molecule has 0 fully saturated rings. The van der Waals surface area contributed by atoms with Crippen LogP contribution in [0.4, 0.5) is 0 Å². The van der Waals surface area contributed by atoms with E-state index in [2.05, 4.69) is 17.2 Å². The predicted octanol–water partition coefficient (Wildman–Crippen LogP) is 1.93. The lowest BCUT2D eigenvalue weighted by Crippen LogP contribution is -2.25. The van der Waals surface area contributed by atoms with Crippen molar-refractivity contribution >= 4 is 23.6 Å². The minimum atomic E-state index is -0.995. The molecule has 2 N–H and O–H groups in total. The zero-order chi connectivity index (χ0) is 14.1.